The molecule has 0 aromatic carbocycles. The van der Waals surface area contributed by atoms with E-state index in [2.05, 4.69) is 37.2 Å². The molecule has 0 unspecified atom stereocenters. The molecule has 16 heteroatoms. The van der Waals surface area contributed by atoms with Gasteiger partial charge in [0.15, 0.2) is 0 Å². The van der Waals surface area contributed by atoms with E-state index in [1.54, 1.807) is 6.92 Å². The maximum Gasteiger partial charge on any atom is 0.242 e. The summed E-state index contributed by atoms with van der Waals surface area (Å²) in [4.78, 5) is 96.3. The first-order valence-electron chi connectivity index (χ1n) is 10.7. The Hall–Kier alpha value is -4.24. The van der Waals surface area contributed by atoms with Gasteiger partial charge in [-0.25, -0.2) is 0 Å². The Kier molecular flexibility index (Phi) is 12.8. The van der Waals surface area contributed by atoms with E-state index in [4.69, 9.17) is 0 Å². The molecule has 0 saturated carbocycles. The topological polar surface area (TPSA) is 224 Å². The lowest BCUT2D eigenvalue weighted by Gasteiger charge is -2.21. The highest BCUT2D eigenvalue weighted by Gasteiger charge is 2.18. The number of nitrogens with zero attached hydrogens (tertiary/aromatic N) is 1. The standard InChI is InChI=1S/C19H30N8O8/c1-2-3-27-11-18(34)25-9-16(32)23-7-14(30)21-5-12(28)20-4-13(29)22-6-15(31)24-8-17(33)26-10-19(27)35/h2-11H2,1H3,(H,20,28)(H,21,30)(H,22,29)(H,23,32)(H,24,31)(H,25,34)(H,26,33). The van der Waals surface area contributed by atoms with Crippen molar-refractivity contribution in [1.82, 2.24) is 42.1 Å². The van der Waals surface area contributed by atoms with Gasteiger partial charge < -0.3 is 42.1 Å². The molecule has 8 amide bonds. The zero-order chi connectivity index (χ0) is 26.2. The third kappa shape index (κ3) is 13.2. The van der Waals surface area contributed by atoms with Gasteiger partial charge in [-0.15, -0.1) is 0 Å². The minimum Gasteiger partial charge on any atom is -0.346 e. The van der Waals surface area contributed by atoms with Gasteiger partial charge in [0.25, 0.3) is 0 Å². The summed E-state index contributed by atoms with van der Waals surface area (Å²) in [6.45, 7) is -1.53. The molecule has 1 rings (SSSR count). The van der Waals surface area contributed by atoms with Crippen molar-refractivity contribution in [2.75, 3.05) is 58.9 Å². The van der Waals surface area contributed by atoms with Crippen molar-refractivity contribution in [3.05, 3.63) is 0 Å². The number of carbonyl (C=O) groups is 8. The molecule has 1 aliphatic heterocycles. The van der Waals surface area contributed by atoms with Gasteiger partial charge in [-0.05, 0) is 6.42 Å². The van der Waals surface area contributed by atoms with Crippen LogP contribution in [0.2, 0.25) is 0 Å². The summed E-state index contributed by atoms with van der Waals surface area (Å²) < 4.78 is 0. The van der Waals surface area contributed by atoms with Crippen molar-refractivity contribution < 1.29 is 38.4 Å². The normalized spacial score (nSPS) is 19.2. The zero-order valence-electron chi connectivity index (χ0n) is 19.3. The Labute approximate surface area is 200 Å². The van der Waals surface area contributed by atoms with Crippen LogP contribution in [0, 0.1) is 0 Å². The quantitative estimate of drug-likeness (QED) is 0.194. The first-order chi connectivity index (χ1) is 16.6. The van der Waals surface area contributed by atoms with Crippen LogP contribution >= 0.6 is 0 Å². The van der Waals surface area contributed by atoms with E-state index in [1.807, 2.05) is 0 Å². The fourth-order valence-corrected chi connectivity index (χ4v) is 2.53. The summed E-state index contributed by atoms with van der Waals surface area (Å²) >= 11 is 0. The summed E-state index contributed by atoms with van der Waals surface area (Å²) in [5.74, 6) is -5.25. The van der Waals surface area contributed by atoms with Gasteiger partial charge >= 0.3 is 0 Å². The van der Waals surface area contributed by atoms with Crippen molar-refractivity contribution in [1.29, 1.82) is 0 Å². The second-order valence-corrected chi connectivity index (χ2v) is 7.25. The van der Waals surface area contributed by atoms with Gasteiger partial charge in [0.1, 0.15) is 0 Å². The number of hydrogen-bond donors (Lipinski definition) is 7. The van der Waals surface area contributed by atoms with Crippen molar-refractivity contribution in [3.63, 3.8) is 0 Å². The monoisotopic (exact) mass is 498 g/mol. The summed E-state index contributed by atoms with van der Waals surface area (Å²) in [6, 6.07) is 0. The molecule has 16 nitrogen and oxygen atoms in total. The van der Waals surface area contributed by atoms with Crippen LogP contribution in [0.1, 0.15) is 13.3 Å². The molecular weight excluding hydrogens is 468 g/mol. The number of carbonyl (C=O) groups excluding carboxylic acids is 8. The first-order valence-corrected chi connectivity index (χ1v) is 10.7. The number of hydrogen-bond acceptors (Lipinski definition) is 8. The second kappa shape index (κ2) is 15.6. The minimum absolute atomic E-state index is 0.221. The molecule has 1 heterocycles. The fraction of sp³-hybridized carbons (Fsp3) is 0.579. The lowest BCUT2D eigenvalue weighted by atomic mass is 10.3. The SMILES string of the molecule is CCCN1CC(=O)NCC(=O)NCC(=O)NCC(=O)NCC(=O)NCC(=O)NCC(=O)NCC1=O. The maximum atomic E-state index is 12.4. The van der Waals surface area contributed by atoms with Crippen LogP contribution in [0.15, 0.2) is 0 Å². The van der Waals surface area contributed by atoms with E-state index in [-0.39, 0.29) is 13.1 Å². The molecule has 1 aliphatic rings. The molecule has 0 atom stereocenters. The molecule has 0 bridgehead atoms. The lowest BCUT2D eigenvalue weighted by molar-refractivity contribution is -0.137. The van der Waals surface area contributed by atoms with Crippen molar-refractivity contribution in [3.8, 4) is 0 Å². The highest BCUT2D eigenvalue weighted by Crippen LogP contribution is 1.93. The number of amides is 8. The van der Waals surface area contributed by atoms with Crippen LogP contribution in [0.5, 0.6) is 0 Å². The second-order valence-electron chi connectivity index (χ2n) is 7.25. The largest absolute Gasteiger partial charge is 0.346 e. The van der Waals surface area contributed by atoms with Crippen LogP contribution in [-0.2, 0) is 38.4 Å². The predicted octanol–water partition coefficient (Wildman–Crippen LogP) is -5.95. The third-order valence-corrected chi connectivity index (χ3v) is 4.29. The van der Waals surface area contributed by atoms with Crippen LogP contribution in [0.3, 0.4) is 0 Å². The van der Waals surface area contributed by atoms with Crippen molar-refractivity contribution in [2.45, 2.75) is 13.3 Å². The Balaban J connectivity index is 2.74. The first kappa shape index (κ1) is 28.8. The molecular formula is C19H30N8O8. The van der Waals surface area contributed by atoms with Gasteiger partial charge in [-0.3, -0.25) is 38.4 Å². The van der Waals surface area contributed by atoms with E-state index >= 15 is 0 Å². The molecule has 194 valence electrons. The van der Waals surface area contributed by atoms with Gasteiger partial charge in [0.2, 0.25) is 47.3 Å². The molecule has 35 heavy (non-hydrogen) atoms. The Morgan fingerprint density at radius 3 is 1.09 bits per heavy atom. The number of nitrogens with one attached hydrogen (secondary N) is 7. The smallest absolute Gasteiger partial charge is 0.242 e. The van der Waals surface area contributed by atoms with E-state index in [9.17, 15) is 38.4 Å². The Morgan fingerprint density at radius 1 is 0.486 bits per heavy atom. The molecule has 7 N–H and O–H groups in total. The van der Waals surface area contributed by atoms with Crippen LogP contribution in [-0.4, -0.2) is 111 Å². The Morgan fingerprint density at radius 2 is 0.771 bits per heavy atom. The summed E-state index contributed by atoms with van der Waals surface area (Å²) in [5, 5.41) is 15.8. The van der Waals surface area contributed by atoms with Gasteiger partial charge in [0.05, 0.1) is 52.4 Å². The molecule has 0 spiro atoms. The fourth-order valence-electron chi connectivity index (χ4n) is 2.53. The summed E-state index contributed by atoms with van der Waals surface area (Å²) in [7, 11) is 0. The molecule has 0 radical (unpaired) electrons. The maximum absolute atomic E-state index is 12.4. The molecule has 0 aromatic heterocycles. The van der Waals surface area contributed by atoms with E-state index in [0.717, 1.165) is 0 Å². The van der Waals surface area contributed by atoms with Crippen LogP contribution in [0.25, 0.3) is 0 Å². The van der Waals surface area contributed by atoms with Crippen LogP contribution in [0.4, 0.5) is 0 Å². The molecule has 1 fully saturated rings. The molecule has 1 saturated heterocycles. The lowest BCUT2D eigenvalue weighted by Crippen LogP contribution is -2.49. The number of rotatable bonds is 2. The zero-order valence-corrected chi connectivity index (χ0v) is 19.3. The van der Waals surface area contributed by atoms with Gasteiger partial charge in [-0.1, -0.05) is 6.92 Å². The van der Waals surface area contributed by atoms with E-state index in [1.165, 1.54) is 4.90 Å². The van der Waals surface area contributed by atoms with Gasteiger partial charge in [0, 0.05) is 6.54 Å². The van der Waals surface area contributed by atoms with Crippen molar-refractivity contribution in [2.24, 2.45) is 0 Å². The molecule has 0 aromatic rings. The van der Waals surface area contributed by atoms with Crippen LogP contribution < -0.4 is 37.2 Å². The predicted molar refractivity (Wildman–Crippen MR) is 118 cm³/mol. The Bertz CT molecular complexity index is 847. The highest BCUT2D eigenvalue weighted by molar-refractivity contribution is 5.93. The van der Waals surface area contributed by atoms with E-state index < -0.39 is 93.1 Å². The minimum atomic E-state index is -0.686. The van der Waals surface area contributed by atoms with Gasteiger partial charge in [-0.2, -0.15) is 0 Å². The summed E-state index contributed by atoms with van der Waals surface area (Å²) in [6.07, 6.45) is 0.530. The third-order valence-electron chi connectivity index (χ3n) is 4.29. The summed E-state index contributed by atoms with van der Waals surface area (Å²) in [5.41, 5.74) is 0. The van der Waals surface area contributed by atoms with E-state index in [0.29, 0.717) is 6.42 Å². The average Bonchev–Trinajstić information content (AvgIpc) is 2.83. The average molecular weight is 498 g/mol. The van der Waals surface area contributed by atoms with Crippen molar-refractivity contribution >= 4 is 47.3 Å². The molecule has 0 aliphatic carbocycles. The highest BCUT2D eigenvalue weighted by atomic mass is 16.2.